The van der Waals surface area contributed by atoms with Crippen molar-refractivity contribution in [3.8, 4) is 0 Å². The predicted octanol–water partition coefficient (Wildman–Crippen LogP) is 5.91. The lowest BCUT2D eigenvalue weighted by Gasteiger charge is -2.18. The molecule has 2 aromatic heterocycles. The average molecular weight is 499 g/mol. The molecular weight excluding hydrogens is 480 g/mol. The first-order valence-corrected chi connectivity index (χ1v) is 12.0. The Balaban J connectivity index is 1.35. The summed E-state index contributed by atoms with van der Waals surface area (Å²) in [4.78, 5) is 34.8. The van der Waals surface area contributed by atoms with E-state index in [0.29, 0.717) is 33.2 Å². The molecule has 0 aliphatic rings. The number of hydrogen-bond donors (Lipinski definition) is 1. The van der Waals surface area contributed by atoms with Gasteiger partial charge in [0.2, 0.25) is 5.91 Å². The standard InChI is InChI=1S/C23H19ClN4O3S2/c1-15(29)28(19-9-5-8-17(24)10-19)23-26-18(13-33-23)12-31-21(30)20-14-32-22(27-20)25-11-16-6-3-2-4-7-16/h2-10,13-14H,11-12H2,1H3,(H,25,27). The molecule has 0 bridgehead atoms. The molecule has 0 radical (unpaired) electrons. The largest absolute Gasteiger partial charge is 0.454 e. The SMILES string of the molecule is CC(=O)N(c1cccc(Cl)c1)c1nc(COC(=O)c2csc(NCc3ccccc3)n2)cs1. The van der Waals surface area contributed by atoms with Gasteiger partial charge in [0.15, 0.2) is 16.0 Å². The van der Waals surface area contributed by atoms with E-state index in [1.54, 1.807) is 35.0 Å². The smallest absolute Gasteiger partial charge is 0.358 e. The number of hydrogen-bond acceptors (Lipinski definition) is 8. The van der Waals surface area contributed by atoms with Crippen molar-refractivity contribution in [1.29, 1.82) is 0 Å². The number of aromatic nitrogens is 2. The number of rotatable bonds is 8. The first kappa shape index (κ1) is 22.9. The molecule has 7 nitrogen and oxygen atoms in total. The van der Waals surface area contributed by atoms with Crippen molar-refractivity contribution < 1.29 is 14.3 Å². The van der Waals surface area contributed by atoms with Crippen LogP contribution in [0.4, 0.5) is 16.0 Å². The number of nitrogens with one attached hydrogen (secondary N) is 1. The lowest BCUT2D eigenvalue weighted by molar-refractivity contribution is -0.115. The molecular formula is C23H19ClN4O3S2. The van der Waals surface area contributed by atoms with Gasteiger partial charge in [-0.25, -0.2) is 14.8 Å². The normalized spacial score (nSPS) is 10.6. The minimum absolute atomic E-state index is 0.0269. The first-order valence-electron chi connectivity index (χ1n) is 9.90. The summed E-state index contributed by atoms with van der Waals surface area (Å²) in [6.07, 6.45) is 0. The number of nitrogens with zero attached hydrogens (tertiary/aromatic N) is 3. The number of halogens is 1. The van der Waals surface area contributed by atoms with Gasteiger partial charge in [0.05, 0.1) is 11.4 Å². The Hall–Kier alpha value is -3.27. The predicted molar refractivity (Wildman–Crippen MR) is 131 cm³/mol. The van der Waals surface area contributed by atoms with Gasteiger partial charge in [-0.1, -0.05) is 48.0 Å². The van der Waals surface area contributed by atoms with Crippen LogP contribution >= 0.6 is 34.3 Å². The Morgan fingerprint density at radius 2 is 1.88 bits per heavy atom. The average Bonchev–Trinajstić information content (AvgIpc) is 3.47. The summed E-state index contributed by atoms with van der Waals surface area (Å²) in [5.74, 6) is -0.736. The Labute approximate surface area is 203 Å². The second kappa shape index (κ2) is 10.6. The summed E-state index contributed by atoms with van der Waals surface area (Å²) < 4.78 is 5.37. The van der Waals surface area contributed by atoms with Crippen molar-refractivity contribution in [1.82, 2.24) is 9.97 Å². The first-order chi connectivity index (χ1) is 16.0. The zero-order valence-electron chi connectivity index (χ0n) is 17.5. The lowest BCUT2D eigenvalue weighted by atomic mass is 10.2. The van der Waals surface area contributed by atoms with E-state index in [4.69, 9.17) is 16.3 Å². The highest BCUT2D eigenvalue weighted by Gasteiger charge is 2.19. The van der Waals surface area contributed by atoms with E-state index in [9.17, 15) is 9.59 Å². The second-order valence-corrected chi connectivity index (χ2v) is 9.04. The number of thiazole rings is 2. The summed E-state index contributed by atoms with van der Waals surface area (Å²) in [5.41, 5.74) is 2.50. The van der Waals surface area contributed by atoms with Gasteiger partial charge in [0, 0.05) is 29.3 Å². The number of amides is 1. The molecule has 0 atom stereocenters. The van der Waals surface area contributed by atoms with E-state index in [0.717, 1.165) is 5.56 Å². The van der Waals surface area contributed by atoms with Crippen LogP contribution in [-0.2, 0) is 22.7 Å². The summed E-state index contributed by atoms with van der Waals surface area (Å²) >= 11 is 8.68. The Morgan fingerprint density at radius 1 is 1.06 bits per heavy atom. The molecule has 0 unspecified atom stereocenters. The van der Waals surface area contributed by atoms with E-state index >= 15 is 0 Å². The highest BCUT2D eigenvalue weighted by Crippen LogP contribution is 2.30. The maximum atomic E-state index is 12.4. The quantitative estimate of drug-likeness (QED) is 0.304. The number of benzene rings is 2. The fraction of sp³-hybridized carbons (Fsp3) is 0.130. The Kier molecular flexibility index (Phi) is 7.33. The van der Waals surface area contributed by atoms with Crippen LogP contribution in [0.25, 0.3) is 0 Å². The van der Waals surface area contributed by atoms with Crippen molar-refractivity contribution in [2.45, 2.75) is 20.1 Å². The van der Waals surface area contributed by atoms with Crippen LogP contribution in [-0.4, -0.2) is 21.8 Å². The van der Waals surface area contributed by atoms with Crippen LogP contribution in [0.1, 0.15) is 28.7 Å². The summed E-state index contributed by atoms with van der Waals surface area (Å²) in [6, 6.07) is 16.9. The van der Waals surface area contributed by atoms with Gasteiger partial charge in [0.1, 0.15) is 6.61 Å². The van der Waals surface area contributed by atoms with E-state index < -0.39 is 5.97 Å². The van der Waals surface area contributed by atoms with Crippen LogP contribution < -0.4 is 10.2 Å². The molecule has 0 aliphatic heterocycles. The number of carbonyl (C=O) groups is 2. The van der Waals surface area contributed by atoms with E-state index in [1.165, 1.54) is 34.5 Å². The fourth-order valence-electron chi connectivity index (χ4n) is 2.94. The number of carbonyl (C=O) groups excluding carboxylic acids is 2. The Bertz CT molecular complexity index is 1260. The topological polar surface area (TPSA) is 84.4 Å². The van der Waals surface area contributed by atoms with Gasteiger partial charge < -0.3 is 10.1 Å². The molecule has 1 N–H and O–H groups in total. The molecule has 4 aromatic rings. The van der Waals surface area contributed by atoms with Gasteiger partial charge in [-0.05, 0) is 23.8 Å². The van der Waals surface area contributed by atoms with Gasteiger partial charge in [0.25, 0.3) is 0 Å². The number of ether oxygens (including phenoxy) is 1. The highest BCUT2D eigenvalue weighted by atomic mass is 35.5. The molecule has 2 heterocycles. The zero-order chi connectivity index (χ0) is 23.2. The molecule has 1 amide bonds. The van der Waals surface area contributed by atoms with Crippen LogP contribution in [0.2, 0.25) is 5.02 Å². The maximum Gasteiger partial charge on any atom is 0.358 e. The third-order valence-corrected chi connectivity index (χ3v) is 6.37. The van der Waals surface area contributed by atoms with Crippen molar-refractivity contribution in [2.24, 2.45) is 0 Å². The highest BCUT2D eigenvalue weighted by molar-refractivity contribution is 7.14. The summed E-state index contributed by atoms with van der Waals surface area (Å²) in [6.45, 7) is 2.04. The van der Waals surface area contributed by atoms with E-state index in [1.807, 2.05) is 30.3 Å². The van der Waals surface area contributed by atoms with Crippen LogP contribution in [0.3, 0.4) is 0 Å². The van der Waals surface area contributed by atoms with Gasteiger partial charge in [-0.15, -0.1) is 22.7 Å². The second-order valence-electron chi connectivity index (χ2n) is 6.91. The minimum atomic E-state index is -0.535. The van der Waals surface area contributed by atoms with Crippen LogP contribution in [0.5, 0.6) is 0 Å². The molecule has 4 rings (SSSR count). The van der Waals surface area contributed by atoms with Gasteiger partial charge in [-0.3, -0.25) is 9.69 Å². The molecule has 10 heteroatoms. The molecule has 0 spiro atoms. The van der Waals surface area contributed by atoms with E-state index in [2.05, 4.69) is 15.3 Å². The number of esters is 1. The third kappa shape index (κ3) is 5.95. The molecule has 0 saturated heterocycles. The summed E-state index contributed by atoms with van der Waals surface area (Å²) in [5, 5.41) is 8.22. The van der Waals surface area contributed by atoms with Gasteiger partial charge in [-0.2, -0.15) is 0 Å². The molecule has 2 aromatic carbocycles. The lowest BCUT2D eigenvalue weighted by Crippen LogP contribution is -2.22. The molecule has 0 fully saturated rings. The van der Waals surface area contributed by atoms with Crippen molar-refractivity contribution in [2.75, 3.05) is 10.2 Å². The van der Waals surface area contributed by atoms with Crippen LogP contribution in [0, 0.1) is 0 Å². The third-order valence-electron chi connectivity index (χ3n) is 4.46. The molecule has 168 valence electrons. The van der Waals surface area contributed by atoms with Crippen LogP contribution in [0.15, 0.2) is 65.4 Å². The van der Waals surface area contributed by atoms with Gasteiger partial charge >= 0.3 is 5.97 Å². The van der Waals surface area contributed by atoms with Crippen molar-refractivity contribution in [3.63, 3.8) is 0 Å². The van der Waals surface area contributed by atoms with E-state index in [-0.39, 0.29) is 18.2 Å². The van der Waals surface area contributed by atoms with Crippen molar-refractivity contribution >= 4 is 62.1 Å². The monoisotopic (exact) mass is 498 g/mol. The zero-order valence-corrected chi connectivity index (χ0v) is 19.9. The molecule has 33 heavy (non-hydrogen) atoms. The number of anilines is 3. The summed E-state index contributed by atoms with van der Waals surface area (Å²) in [7, 11) is 0. The van der Waals surface area contributed by atoms with Crippen molar-refractivity contribution in [3.05, 3.63) is 87.3 Å². The molecule has 0 saturated carbocycles. The maximum absolute atomic E-state index is 12.4. The molecule has 0 aliphatic carbocycles. The Morgan fingerprint density at radius 3 is 2.64 bits per heavy atom. The fourth-order valence-corrected chi connectivity index (χ4v) is 4.68. The minimum Gasteiger partial charge on any atom is -0.454 e.